The fourth-order valence-electron chi connectivity index (χ4n) is 2.76. The largest absolute Gasteiger partial charge is 0.490 e. The fraction of sp³-hybridized carbons (Fsp3) is 0.444. The van der Waals surface area contributed by atoms with Crippen LogP contribution in [-0.2, 0) is 22.3 Å². The Kier molecular flexibility index (Phi) is 6.76. The molecule has 0 aliphatic heterocycles. The summed E-state index contributed by atoms with van der Waals surface area (Å²) in [4.78, 5) is 38.6. The summed E-state index contributed by atoms with van der Waals surface area (Å²) in [5, 5.41) is 15.0. The summed E-state index contributed by atoms with van der Waals surface area (Å²) in [6.45, 7) is 6.84. The number of alkyl halides is 3. The van der Waals surface area contributed by atoms with Gasteiger partial charge in [-0.25, -0.2) is 15.2 Å². The summed E-state index contributed by atoms with van der Waals surface area (Å²) in [5.74, 6) is -1.60. The van der Waals surface area contributed by atoms with Crippen molar-refractivity contribution in [2.75, 3.05) is 5.01 Å². The molecule has 0 aliphatic rings. The highest BCUT2D eigenvalue weighted by molar-refractivity contribution is 5.96. The number of anilines is 1. The molecular formula is C18H21F3N6O5. The molecule has 2 aromatic rings. The maximum absolute atomic E-state index is 13.1. The number of nitrogens with one attached hydrogen (secondary N) is 1. The van der Waals surface area contributed by atoms with Gasteiger partial charge < -0.3 is 14.9 Å². The minimum atomic E-state index is -4.61. The number of ether oxygens (including phenoxy) is 1. The lowest BCUT2D eigenvalue weighted by atomic mass is 10.0. The number of hydrazine groups is 1. The van der Waals surface area contributed by atoms with E-state index in [2.05, 4.69) is 15.5 Å². The second-order valence-electron chi connectivity index (χ2n) is 7.80. The third kappa shape index (κ3) is 6.15. The Morgan fingerprint density at radius 3 is 2.22 bits per heavy atom. The molecular weight excluding hydrogens is 437 g/mol. The molecule has 0 atom stereocenters. The minimum absolute atomic E-state index is 0.0107. The highest BCUT2D eigenvalue weighted by atomic mass is 19.4. The molecule has 0 spiro atoms. The van der Waals surface area contributed by atoms with Gasteiger partial charge in [0, 0.05) is 5.10 Å². The SMILES string of the molecule is Cc1cc(C(F)(F)F)cc(C)c1N(NC(=O)OC(C)(C)C)C(=O)Cn1cnc([N+](=O)[O-])n1. The van der Waals surface area contributed by atoms with E-state index >= 15 is 0 Å². The minimum Gasteiger partial charge on any atom is -0.443 e. The lowest BCUT2D eigenvalue weighted by Gasteiger charge is -2.28. The second-order valence-corrected chi connectivity index (χ2v) is 7.80. The van der Waals surface area contributed by atoms with Crippen molar-refractivity contribution < 1.29 is 32.4 Å². The average Bonchev–Trinajstić information content (AvgIpc) is 3.06. The van der Waals surface area contributed by atoms with Gasteiger partial charge in [-0.1, -0.05) is 4.98 Å². The van der Waals surface area contributed by atoms with E-state index in [1.165, 1.54) is 13.8 Å². The molecule has 1 N–H and O–H groups in total. The van der Waals surface area contributed by atoms with Crippen molar-refractivity contribution >= 4 is 23.6 Å². The number of aryl methyl sites for hydroxylation is 2. The molecule has 1 aromatic heterocycles. The average molecular weight is 458 g/mol. The zero-order chi connectivity index (χ0) is 24.4. The Balaban J connectivity index is 2.45. The number of nitro groups is 1. The van der Waals surface area contributed by atoms with Crippen LogP contribution in [0.3, 0.4) is 0 Å². The summed E-state index contributed by atoms with van der Waals surface area (Å²) in [5.41, 5.74) is 0.465. The number of rotatable bonds is 4. The summed E-state index contributed by atoms with van der Waals surface area (Å²) in [7, 11) is 0. The Labute approximate surface area is 180 Å². The van der Waals surface area contributed by atoms with E-state index < -0.39 is 46.8 Å². The normalized spacial score (nSPS) is 11.8. The van der Waals surface area contributed by atoms with E-state index in [4.69, 9.17) is 4.74 Å². The lowest BCUT2D eigenvalue weighted by molar-refractivity contribution is -0.394. The van der Waals surface area contributed by atoms with Crippen LogP contribution in [0.25, 0.3) is 0 Å². The van der Waals surface area contributed by atoms with E-state index in [1.807, 2.05) is 0 Å². The van der Waals surface area contributed by atoms with Crippen LogP contribution in [0.15, 0.2) is 18.5 Å². The maximum Gasteiger partial charge on any atom is 0.490 e. The molecule has 174 valence electrons. The summed E-state index contributed by atoms with van der Waals surface area (Å²) in [6, 6.07) is 1.67. The van der Waals surface area contributed by atoms with E-state index in [0.29, 0.717) is 0 Å². The van der Waals surface area contributed by atoms with E-state index in [0.717, 1.165) is 28.2 Å². The van der Waals surface area contributed by atoms with Crippen LogP contribution < -0.4 is 10.4 Å². The summed E-state index contributed by atoms with van der Waals surface area (Å²) >= 11 is 0. The molecule has 2 amide bonds. The Morgan fingerprint density at radius 1 is 1.22 bits per heavy atom. The molecule has 2 rings (SSSR count). The van der Waals surface area contributed by atoms with Crippen molar-refractivity contribution in [2.45, 2.75) is 52.9 Å². The third-order valence-electron chi connectivity index (χ3n) is 3.88. The van der Waals surface area contributed by atoms with Crippen molar-refractivity contribution in [3.05, 3.63) is 45.3 Å². The Hall–Kier alpha value is -3.71. The van der Waals surface area contributed by atoms with Gasteiger partial charge in [-0.05, 0) is 62.8 Å². The van der Waals surface area contributed by atoms with Crippen LogP contribution in [0.4, 0.5) is 29.6 Å². The molecule has 0 fully saturated rings. The molecule has 0 saturated heterocycles. The maximum atomic E-state index is 13.1. The van der Waals surface area contributed by atoms with Crippen molar-refractivity contribution in [2.24, 2.45) is 0 Å². The van der Waals surface area contributed by atoms with Gasteiger partial charge in [0.25, 0.3) is 5.91 Å². The van der Waals surface area contributed by atoms with Gasteiger partial charge in [-0.15, -0.1) is 0 Å². The number of halogens is 3. The zero-order valence-corrected chi connectivity index (χ0v) is 17.9. The van der Waals surface area contributed by atoms with Gasteiger partial charge in [0.05, 0.1) is 11.3 Å². The monoisotopic (exact) mass is 458 g/mol. The van der Waals surface area contributed by atoms with E-state index in [9.17, 15) is 32.9 Å². The van der Waals surface area contributed by atoms with Gasteiger partial charge in [0.1, 0.15) is 12.1 Å². The van der Waals surface area contributed by atoms with Crippen LogP contribution in [0.5, 0.6) is 0 Å². The van der Waals surface area contributed by atoms with Crippen molar-refractivity contribution in [3.63, 3.8) is 0 Å². The number of benzene rings is 1. The predicted molar refractivity (Wildman–Crippen MR) is 104 cm³/mol. The lowest BCUT2D eigenvalue weighted by Crippen LogP contribution is -2.50. The molecule has 0 radical (unpaired) electrons. The molecule has 14 heteroatoms. The number of hydrogen-bond donors (Lipinski definition) is 1. The second kappa shape index (κ2) is 8.80. The molecule has 32 heavy (non-hydrogen) atoms. The fourth-order valence-corrected chi connectivity index (χ4v) is 2.76. The first kappa shape index (κ1) is 24.6. The molecule has 11 nitrogen and oxygen atoms in total. The van der Waals surface area contributed by atoms with E-state index in [1.54, 1.807) is 20.8 Å². The quantitative estimate of drug-likeness (QED) is 0.549. The number of nitrogens with zero attached hydrogens (tertiary/aromatic N) is 5. The van der Waals surface area contributed by atoms with Crippen LogP contribution in [0.1, 0.15) is 37.5 Å². The first-order valence-electron chi connectivity index (χ1n) is 9.13. The number of carbonyl (C=O) groups excluding carboxylic acids is 2. The molecule has 1 heterocycles. The Morgan fingerprint density at radius 2 is 1.78 bits per heavy atom. The van der Waals surface area contributed by atoms with E-state index in [-0.39, 0.29) is 16.8 Å². The summed E-state index contributed by atoms with van der Waals surface area (Å²) < 4.78 is 45.4. The van der Waals surface area contributed by atoms with Crippen LogP contribution in [0.2, 0.25) is 0 Å². The van der Waals surface area contributed by atoms with Gasteiger partial charge in [-0.2, -0.15) is 17.9 Å². The number of amides is 2. The van der Waals surface area contributed by atoms with Gasteiger partial charge in [0.2, 0.25) is 6.33 Å². The van der Waals surface area contributed by atoms with Crippen molar-refractivity contribution in [1.82, 2.24) is 20.2 Å². The number of carbonyl (C=O) groups is 2. The highest BCUT2D eigenvalue weighted by Crippen LogP contribution is 2.35. The predicted octanol–water partition coefficient (Wildman–Crippen LogP) is 3.29. The molecule has 1 aromatic carbocycles. The van der Waals surface area contributed by atoms with Crippen LogP contribution >= 0.6 is 0 Å². The zero-order valence-electron chi connectivity index (χ0n) is 17.9. The van der Waals surface area contributed by atoms with Crippen LogP contribution in [-0.4, -0.2) is 37.3 Å². The van der Waals surface area contributed by atoms with Crippen LogP contribution in [0, 0.1) is 24.0 Å². The standard InChI is InChI=1S/C18H21F3N6O5/c1-10-6-12(18(19,20)21)7-11(2)14(10)26(24-16(29)32-17(3,4)5)13(28)8-25-9-22-15(23-25)27(30)31/h6-7,9H,8H2,1-5H3,(H,24,29). The first-order chi connectivity index (χ1) is 14.6. The van der Waals surface area contributed by atoms with Crippen molar-refractivity contribution in [1.29, 1.82) is 0 Å². The molecule has 0 bridgehead atoms. The molecule has 0 saturated carbocycles. The highest BCUT2D eigenvalue weighted by Gasteiger charge is 2.33. The van der Waals surface area contributed by atoms with Crippen molar-refractivity contribution in [3.8, 4) is 0 Å². The smallest absolute Gasteiger partial charge is 0.443 e. The molecule has 0 unspecified atom stereocenters. The number of hydrogen-bond acceptors (Lipinski definition) is 7. The van der Waals surface area contributed by atoms with Gasteiger partial charge in [0.15, 0.2) is 0 Å². The summed E-state index contributed by atoms with van der Waals surface area (Å²) in [6.07, 6.45) is -4.70. The number of aromatic nitrogens is 3. The molecule has 0 aliphatic carbocycles. The van der Waals surface area contributed by atoms with Gasteiger partial charge >= 0.3 is 18.2 Å². The topological polar surface area (TPSA) is 132 Å². The van der Waals surface area contributed by atoms with Gasteiger partial charge in [-0.3, -0.25) is 4.79 Å². The Bertz CT molecular complexity index is 1020. The third-order valence-corrected chi connectivity index (χ3v) is 3.88. The first-order valence-corrected chi connectivity index (χ1v) is 9.13.